The zero-order valence-corrected chi connectivity index (χ0v) is 14.4. The van der Waals surface area contributed by atoms with Crippen molar-refractivity contribution in [2.75, 3.05) is 18.5 Å². The van der Waals surface area contributed by atoms with Gasteiger partial charge in [-0.3, -0.25) is 0 Å². The molecule has 24 heavy (non-hydrogen) atoms. The van der Waals surface area contributed by atoms with Crippen molar-refractivity contribution in [1.82, 2.24) is 9.97 Å². The van der Waals surface area contributed by atoms with E-state index >= 15 is 0 Å². The normalized spacial score (nSPS) is 16.0. The van der Waals surface area contributed by atoms with Crippen molar-refractivity contribution >= 4 is 27.4 Å². The summed E-state index contributed by atoms with van der Waals surface area (Å²) in [4.78, 5) is 11.1. The monoisotopic (exact) mass is 339 g/mol. The maximum Gasteiger partial charge on any atom is 0.138 e. The molecule has 0 amide bonds. The predicted molar refractivity (Wildman–Crippen MR) is 99.3 cm³/mol. The Morgan fingerprint density at radius 2 is 2.00 bits per heavy atom. The van der Waals surface area contributed by atoms with Crippen molar-refractivity contribution < 1.29 is 5.11 Å². The van der Waals surface area contributed by atoms with Crippen LogP contribution in [0.1, 0.15) is 25.7 Å². The van der Waals surface area contributed by atoms with Gasteiger partial charge in [-0.25, -0.2) is 9.97 Å². The second-order valence-electron chi connectivity index (χ2n) is 6.60. The van der Waals surface area contributed by atoms with Gasteiger partial charge >= 0.3 is 0 Å². The third kappa shape index (κ3) is 2.89. The summed E-state index contributed by atoms with van der Waals surface area (Å²) >= 11 is 1.70. The molecular weight excluding hydrogens is 318 g/mol. The van der Waals surface area contributed by atoms with Gasteiger partial charge in [0, 0.05) is 18.0 Å². The molecule has 0 aliphatic heterocycles. The van der Waals surface area contributed by atoms with Crippen LogP contribution in [-0.4, -0.2) is 28.2 Å². The first kappa shape index (κ1) is 15.5. The van der Waals surface area contributed by atoms with E-state index in [1.807, 2.05) is 6.07 Å². The highest BCUT2D eigenvalue weighted by molar-refractivity contribution is 7.21. The van der Waals surface area contributed by atoms with Crippen molar-refractivity contribution in [2.24, 2.45) is 5.41 Å². The summed E-state index contributed by atoms with van der Waals surface area (Å²) in [6, 6.07) is 12.6. The molecule has 0 bridgehead atoms. The number of hydrogen-bond acceptors (Lipinski definition) is 5. The molecule has 4 nitrogen and oxygen atoms in total. The van der Waals surface area contributed by atoms with E-state index in [9.17, 15) is 5.11 Å². The number of fused-ring (bicyclic) bond motifs is 1. The van der Waals surface area contributed by atoms with Crippen molar-refractivity contribution in [3.05, 3.63) is 42.7 Å². The van der Waals surface area contributed by atoms with Gasteiger partial charge in [0.15, 0.2) is 0 Å². The Morgan fingerprint density at radius 1 is 1.17 bits per heavy atom. The van der Waals surface area contributed by atoms with Crippen LogP contribution in [0.2, 0.25) is 0 Å². The Kier molecular flexibility index (Phi) is 4.21. The third-order valence-electron chi connectivity index (χ3n) is 5.07. The second-order valence-corrected chi connectivity index (χ2v) is 7.63. The molecule has 2 aromatic heterocycles. The molecule has 1 aliphatic carbocycles. The summed E-state index contributed by atoms with van der Waals surface area (Å²) in [5.41, 5.74) is 1.45. The van der Waals surface area contributed by atoms with Gasteiger partial charge in [-0.1, -0.05) is 36.8 Å². The van der Waals surface area contributed by atoms with Crippen LogP contribution in [0.5, 0.6) is 0 Å². The molecule has 5 heteroatoms. The second kappa shape index (κ2) is 6.49. The summed E-state index contributed by atoms with van der Waals surface area (Å²) in [6.45, 7) is 1.13. The number of nitrogens with zero attached hydrogens (tertiary/aromatic N) is 2. The lowest BCUT2D eigenvalue weighted by molar-refractivity contribution is 0.102. The van der Waals surface area contributed by atoms with Crippen LogP contribution in [0.3, 0.4) is 0 Å². The Balaban J connectivity index is 1.60. The predicted octanol–water partition coefficient (Wildman–Crippen LogP) is 4.32. The van der Waals surface area contributed by atoms with E-state index in [2.05, 4.69) is 45.6 Å². The van der Waals surface area contributed by atoms with Crippen molar-refractivity contribution in [2.45, 2.75) is 25.7 Å². The van der Waals surface area contributed by atoms with Crippen LogP contribution >= 0.6 is 11.3 Å². The zero-order valence-electron chi connectivity index (χ0n) is 13.5. The van der Waals surface area contributed by atoms with Gasteiger partial charge in [0.05, 0.1) is 5.39 Å². The van der Waals surface area contributed by atoms with Gasteiger partial charge in [0.2, 0.25) is 0 Å². The molecule has 2 heterocycles. The number of anilines is 1. The molecule has 1 aliphatic rings. The summed E-state index contributed by atoms with van der Waals surface area (Å²) < 4.78 is 0. The number of hydrogen-bond donors (Lipinski definition) is 2. The Bertz CT molecular complexity index is 827. The number of aliphatic hydroxyl groups is 1. The number of aromatic nitrogens is 2. The summed E-state index contributed by atoms with van der Waals surface area (Å²) in [5.74, 6) is 0.905. The number of nitrogens with one attached hydrogen (secondary N) is 1. The van der Waals surface area contributed by atoms with E-state index in [1.54, 1.807) is 17.7 Å². The minimum absolute atomic E-state index is 0.240. The van der Waals surface area contributed by atoms with Crippen molar-refractivity contribution in [1.29, 1.82) is 0 Å². The van der Waals surface area contributed by atoms with Gasteiger partial charge in [-0.05, 0) is 36.3 Å². The number of aliphatic hydroxyl groups excluding tert-OH is 1. The molecule has 4 rings (SSSR count). The fraction of sp³-hybridized carbons (Fsp3) is 0.368. The van der Waals surface area contributed by atoms with Crippen molar-refractivity contribution in [3.8, 4) is 10.4 Å². The van der Waals surface area contributed by atoms with Crippen molar-refractivity contribution in [3.63, 3.8) is 0 Å². The van der Waals surface area contributed by atoms with E-state index in [1.165, 1.54) is 29.7 Å². The maximum atomic E-state index is 9.31. The average Bonchev–Trinajstić information content (AvgIpc) is 3.03. The fourth-order valence-corrected chi connectivity index (χ4v) is 4.45. The van der Waals surface area contributed by atoms with Gasteiger partial charge in [-0.2, -0.15) is 0 Å². The molecule has 3 aromatic rings. The quantitative estimate of drug-likeness (QED) is 0.702. The largest absolute Gasteiger partial charge is 0.396 e. The molecule has 0 saturated heterocycles. The van der Waals surface area contributed by atoms with Crippen LogP contribution in [0.4, 0.5) is 5.82 Å². The Hall–Kier alpha value is -1.98. The number of rotatable bonds is 6. The van der Waals surface area contributed by atoms with E-state index in [-0.39, 0.29) is 12.0 Å². The minimum Gasteiger partial charge on any atom is -0.396 e. The lowest BCUT2D eigenvalue weighted by atomic mass is 9.67. The highest BCUT2D eigenvalue weighted by atomic mass is 32.1. The highest BCUT2D eigenvalue weighted by Gasteiger charge is 2.36. The first-order valence-electron chi connectivity index (χ1n) is 8.44. The lowest BCUT2D eigenvalue weighted by Crippen LogP contribution is -2.37. The van der Waals surface area contributed by atoms with E-state index in [0.29, 0.717) is 0 Å². The topological polar surface area (TPSA) is 58.0 Å². The van der Waals surface area contributed by atoms with E-state index in [4.69, 9.17) is 0 Å². The zero-order chi connectivity index (χ0) is 16.4. The summed E-state index contributed by atoms with van der Waals surface area (Å²) in [7, 11) is 0. The molecule has 0 spiro atoms. The summed E-state index contributed by atoms with van der Waals surface area (Å²) in [6.07, 6.45) is 6.14. The molecule has 0 unspecified atom stereocenters. The van der Waals surface area contributed by atoms with Crippen LogP contribution in [0.15, 0.2) is 42.7 Å². The summed E-state index contributed by atoms with van der Waals surface area (Å²) in [5, 5.41) is 13.9. The number of benzene rings is 1. The SMILES string of the molecule is OCCC1(CNc2ncnc3sc(-c4ccccc4)cc23)CCC1. The molecule has 0 radical (unpaired) electrons. The van der Waals surface area contributed by atoms with Gasteiger partial charge in [-0.15, -0.1) is 11.3 Å². The van der Waals surface area contributed by atoms with Crippen LogP contribution in [-0.2, 0) is 0 Å². The average molecular weight is 339 g/mol. The molecular formula is C19H21N3OS. The lowest BCUT2D eigenvalue weighted by Gasteiger charge is -2.42. The molecule has 1 saturated carbocycles. The standard InChI is InChI=1S/C19H21N3OS/c23-10-9-19(7-4-8-19)12-20-17-15-11-16(14-5-2-1-3-6-14)24-18(15)22-13-21-17/h1-3,5-6,11,13,23H,4,7-10,12H2,(H,20,21,22). The van der Waals surface area contributed by atoms with Gasteiger partial charge in [0.25, 0.3) is 0 Å². The highest BCUT2D eigenvalue weighted by Crippen LogP contribution is 2.44. The maximum absolute atomic E-state index is 9.31. The fourth-order valence-electron chi connectivity index (χ4n) is 3.44. The molecule has 1 aromatic carbocycles. The molecule has 0 atom stereocenters. The first-order chi connectivity index (χ1) is 11.8. The Morgan fingerprint density at radius 3 is 2.71 bits per heavy atom. The van der Waals surface area contributed by atoms with Gasteiger partial charge in [0.1, 0.15) is 17.0 Å². The van der Waals surface area contributed by atoms with Crippen LogP contribution < -0.4 is 5.32 Å². The number of thiophene rings is 1. The molecule has 2 N–H and O–H groups in total. The van der Waals surface area contributed by atoms with E-state index in [0.717, 1.165) is 29.0 Å². The van der Waals surface area contributed by atoms with Gasteiger partial charge < -0.3 is 10.4 Å². The van der Waals surface area contributed by atoms with Crippen LogP contribution in [0.25, 0.3) is 20.7 Å². The molecule has 124 valence electrons. The minimum atomic E-state index is 0.240. The van der Waals surface area contributed by atoms with E-state index < -0.39 is 0 Å². The molecule has 1 fully saturated rings. The van der Waals surface area contributed by atoms with Crippen LogP contribution in [0, 0.1) is 5.41 Å². The Labute approximate surface area is 145 Å². The third-order valence-corrected chi connectivity index (χ3v) is 6.17. The first-order valence-corrected chi connectivity index (χ1v) is 9.26. The smallest absolute Gasteiger partial charge is 0.138 e.